The third kappa shape index (κ3) is 3.83. The molecule has 0 bridgehead atoms. The molecule has 1 aromatic rings. The first-order chi connectivity index (χ1) is 11.1. The molecule has 0 radical (unpaired) electrons. The van der Waals surface area contributed by atoms with Gasteiger partial charge in [-0.15, -0.1) is 0 Å². The summed E-state index contributed by atoms with van der Waals surface area (Å²) < 4.78 is 11.0. The normalized spacial score (nSPS) is 20.6. The number of rotatable bonds is 3. The zero-order chi connectivity index (χ0) is 18.1. The fourth-order valence-corrected chi connectivity index (χ4v) is 3.29. The largest absolute Gasteiger partial charge is 0.496 e. The van der Waals surface area contributed by atoms with E-state index >= 15 is 0 Å². The van der Waals surface area contributed by atoms with Gasteiger partial charge in [-0.25, -0.2) is 4.79 Å². The lowest BCUT2D eigenvalue weighted by atomic mass is 9.85. The van der Waals surface area contributed by atoms with Crippen LogP contribution in [0.4, 0.5) is 4.79 Å². The highest BCUT2D eigenvalue weighted by Crippen LogP contribution is 2.39. The molecular formula is C19H29NO4. The van der Waals surface area contributed by atoms with Crippen LogP contribution in [0, 0.1) is 6.92 Å². The molecule has 5 heteroatoms. The van der Waals surface area contributed by atoms with Gasteiger partial charge in [-0.2, -0.15) is 0 Å². The SMILES string of the molecule is COc1cc(C)ccc1[C@@](C)(O)[C@@H]1CCCN1C(=O)OC(C)(C)C. The highest BCUT2D eigenvalue weighted by atomic mass is 16.6. The lowest BCUT2D eigenvalue weighted by Crippen LogP contribution is -2.49. The average molecular weight is 335 g/mol. The summed E-state index contributed by atoms with van der Waals surface area (Å²) in [6, 6.07) is 5.37. The summed E-state index contributed by atoms with van der Waals surface area (Å²) in [7, 11) is 1.59. The van der Waals surface area contributed by atoms with Crippen LogP contribution < -0.4 is 4.74 Å². The minimum absolute atomic E-state index is 0.344. The van der Waals surface area contributed by atoms with Gasteiger partial charge in [0.25, 0.3) is 0 Å². The predicted molar refractivity (Wildman–Crippen MR) is 93.3 cm³/mol. The Hall–Kier alpha value is -1.75. The Kier molecular flexibility index (Phi) is 5.14. The Morgan fingerprint density at radius 3 is 2.54 bits per heavy atom. The fourth-order valence-electron chi connectivity index (χ4n) is 3.29. The molecule has 2 atom stereocenters. The lowest BCUT2D eigenvalue weighted by molar-refractivity contribution is -0.0380. The Labute approximate surface area is 144 Å². The molecule has 0 aliphatic carbocycles. The number of carbonyl (C=O) groups excluding carboxylic acids is 1. The molecule has 1 aromatic carbocycles. The summed E-state index contributed by atoms with van der Waals surface area (Å²) in [5.74, 6) is 0.635. The smallest absolute Gasteiger partial charge is 0.410 e. The van der Waals surface area contributed by atoms with Crippen molar-refractivity contribution in [3.05, 3.63) is 29.3 Å². The molecule has 1 heterocycles. The van der Waals surface area contributed by atoms with Crippen LogP contribution in [0.3, 0.4) is 0 Å². The van der Waals surface area contributed by atoms with Crippen LogP contribution in [0.15, 0.2) is 18.2 Å². The third-order valence-electron chi connectivity index (χ3n) is 4.43. The molecule has 0 unspecified atom stereocenters. The summed E-state index contributed by atoms with van der Waals surface area (Å²) in [5, 5.41) is 11.3. The maximum absolute atomic E-state index is 12.5. The second-order valence-corrected chi connectivity index (χ2v) is 7.68. The molecule has 1 aliphatic rings. The Balaban J connectivity index is 2.32. The zero-order valence-corrected chi connectivity index (χ0v) is 15.5. The first-order valence-corrected chi connectivity index (χ1v) is 8.43. The molecule has 5 nitrogen and oxygen atoms in total. The highest BCUT2D eigenvalue weighted by molar-refractivity contribution is 5.69. The Morgan fingerprint density at radius 1 is 1.29 bits per heavy atom. The van der Waals surface area contributed by atoms with Crippen LogP contribution in [-0.4, -0.2) is 41.4 Å². The zero-order valence-electron chi connectivity index (χ0n) is 15.5. The number of aryl methyl sites for hydroxylation is 1. The maximum atomic E-state index is 12.5. The molecule has 2 rings (SSSR count). The topological polar surface area (TPSA) is 59.0 Å². The van der Waals surface area contributed by atoms with E-state index in [0.717, 1.165) is 18.4 Å². The maximum Gasteiger partial charge on any atom is 0.410 e. The van der Waals surface area contributed by atoms with Crippen LogP contribution in [0.2, 0.25) is 0 Å². The van der Waals surface area contributed by atoms with Crippen molar-refractivity contribution < 1.29 is 19.4 Å². The molecule has 1 amide bonds. The van der Waals surface area contributed by atoms with Gasteiger partial charge >= 0.3 is 6.09 Å². The molecule has 0 aromatic heterocycles. The molecule has 0 spiro atoms. The highest BCUT2D eigenvalue weighted by Gasteiger charge is 2.45. The van der Waals surface area contributed by atoms with Gasteiger partial charge in [0.15, 0.2) is 0 Å². The number of likely N-dealkylation sites (tertiary alicyclic amines) is 1. The number of hydrogen-bond acceptors (Lipinski definition) is 4. The number of nitrogens with zero attached hydrogens (tertiary/aromatic N) is 1. The van der Waals surface area contributed by atoms with E-state index in [4.69, 9.17) is 9.47 Å². The number of aliphatic hydroxyl groups is 1. The van der Waals surface area contributed by atoms with Crippen molar-refractivity contribution in [1.29, 1.82) is 0 Å². The standard InChI is InChI=1S/C19H29NO4/c1-13-9-10-14(15(12-13)23-6)19(5,22)16-8-7-11-20(16)17(21)24-18(2,3)4/h9-10,12,16,22H,7-8,11H2,1-6H3/t16-,19+/m0/s1. The van der Waals surface area contributed by atoms with Crippen LogP contribution in [0.25, 0.3) is 0 Å². The third-order valence-corrected chi connectivity index (χ3v) is 4.43. The van der Waals surface area contributed by atoms with Gasteiger partial charge < -0.3 is 19.5 Å². The van der Waals surface area contributed by atoms with Crippen LogP contribution in [-0.2, 0) is 10.3 Å². The molecule has 134 valence electrons. The van der Waals surface area contributed by atoms with E-state index in [0.29, 0.717) is 17.9 Å². The van der Waals surface area contributed by atoms with Gasteiger partial charge in [-0.3, -0.25) is 0 Å². The number of amides is 1. The predicted octanol–water partition coefficient (Wildman–Crippen LogP) is 3.61. The van der Waals surface area contributed by atoms with E-state index in [1.54, 1.807) is 18.9 Å². The second kappa shape index (κ2) is 6.63. The summed E-state index contributed by atoms with van der Waals surface area (Å²) in [6.45, 7) is 9.84. The van der Waals surface area contributed by atoms with Gasteiger partial charge in [-0.05, 0) is 59.1 Å². The van der Waals surface area contributed by atoms with Crippen molar-refractivity contribution in [2.45, 2.75) is 64.7 Å². The van der Waals surface area contributed by atoms with Gasteiger partial charge in [0, 0.05) is 12.1 Å². The minimum Gasteiger partial charge on any atom is -0.496 e. The molecular weight excluding hydrogens is 306 g/mol. The quantitative estimate of drug-likeness (QED) is 0.917. The summed E-state index contributed by atoms with van der Waals surface area (Å²) in [6.07, 6.45) is 1.19. The second-order valence-electron chi connectivity index (χ2n) is 7.68. The lowest BCUT2D eigenvalue weighted by Gasteiger charge is -2.38. The monoisotopic (exact) mass is 335 g/mol. The molecule has 24 heavy (non-hydrogen) atoms. The Bertz CT molecular complexity index is 604. The Morgan fingerprint density at radius 2 is 1.96 bits per heavy atom. The summed E-state index contributed by atoms with van der Waals surface area (Å²) in [5.41, 5.74) is -0.0257. The van der Waals surface area contributed by atoms with Gasteiger partial charge in [0.05, 0.1) is 13.2 Å². The minimum atomic E-state index is -1.22. The molecule has 0 saturated carbocycles. The summed E-state index contributed by atoms with van der Waals surface area (Å²) >= 11 is 0. The summed E-state index contributed by atoms with van der Waals surface area (Å²) in [4.78, 5) is 14.2. The van der Waals surface area contributed by atoms with Crippen molar-refractivity contribution in [1.82, 2.24) is 4.90 Å². The van der Waals surface area contributed by atoms with Crippen molar-refractivity contribution in [2.75, 3.05) is 13.7 Å². The van der Waals surface area contributed by atoms with Crippen LogP contribution >= 0.6 is 0 Å². The van der Waals surface area contributed by atoms with Gasteiger partial charge in [0.1, 0.15) is 17.0 Å². The van der Waals surface area contributed by atoms with Crippen molar-refractivity contribution in [3.63, 3.8) is 0 Å². The van der Waals surface area contributed by atoms with Crippen LogP contribution in [0.5, 0.6) is 5.75 Å². The number of methoxy groups -OCH3 is 1. The van der Waals surface area contributed by atoms with E-state index < -0.39 is 11.2 Å². The van der Waals surface area contributed by atoms with Crippen molar-refractivity contribution in [2.24, 2.45) is 0 Å². The number of carbonyl (C=O) groups is 1. The molecule has 1 saturated heterocycles. The van der Waals surface area contributed by atoms with Crippen molar-refractivity contribution >= 4 is 6.09 Å². The first kappa shape index (κ1) is 18.6. The van der Waals surface area contributed by atoms with Crippen LogP contribution in [0.1, 0.15) is 51.7 Å². The van der Waals surface area contributed by atoms with E-state index in [9.17, 15) is 9.90 Å². The molecule has 1 fully saturated rings. The van der Waals surface area contributed by atoms with Gasteiger partial charge in [0.2, 0.25) is 0 Å². The van der Waals surface area contributed by atoms with E-state index in [-0.39, 0.29) is 12.1 Å². The molecule has 1 N–H and O–H groups in total. The number of benzene rings is 1. The van der Waals surface area contributed by atoms with E-state index in [1.165, 1.54) is 0 Å². The average Bonchev–Trinajstić information content (AvgIpc) is 2.95. The fraction of sp³-hybridized carbons (Fsp3) is 0.632. The van der Waals surface area contributed by atoms with Gasteiger partial charge in [-0.1, -0.05) is 12.1 Å². The van der Waals surface area contributed by atoms with E-state index in [1.807, 2.05) is 45.9 Å². The molecule has 1 aliphatic heterocycles. The number of hydrogen-bond donors (Lipinski definition) is 1. The van der Waals surface area contributed by atoms with Crippen molar-refractivity contribution in [3.8, 4) is 5.75 Å². The number of ether oxygens (including phenoxy) is 2. The van der Waals surface area contributed by atoms with E-state index in [2.05, 4.69) is 0 Å². The first-order valence-electron chi connectivity index (χ1n) is 8.43.